The van der Waals surface area contributed by atoms with Crippen LogP contribution < -0.4 is 0 Å². The average molecular weight is 167 g/mol. The minimum Gasteiger partial charge on any atom is -0.263 e. The molecule has 0 aliphatic rings. The number of nitrogens with one attached hydrogen (secondary N) is 1. The molecule has 0 bridgehead atoms. The van der Waals surface area contributed by atoms with E-state index in [1.807, 2.05) is 0 Å². The second-order valence-electron chi connectivity index (χ2n) is 1.74. The second-order valence-corrected chi connectivity index (χ2v) is 1.74. The van der Waals surface area contributed by atoms with Gasteiger partial charge in [0.15, 0.2) is 0 Å². The highest BCUT2D eigenvalue weighted by molar-refractivity contribution is 4.91. The SMILES string of the molecule is C.Cc1nc(C(F)(F)F)n[nH]1. The molecule has 0 aromatic carbocycles. The van der Waals surface area contributed by atoms with Crippen molar-refractivity contribution in [1.82, 2.24) is 15.2 Å². The summed E-state index contributed by atoms with van der Waals surface area (Å²) in [6.07, 6.45) is -4.44. The molecule has 0 radical (unpaired) electrons. The third kappa shape index (κ3) is 2.21. The van der Waals surface area contributed by atoms with Crippen molar-refractivity contribution in [1.29, 1.82) is 0 Å². The molecule has 0 amide bonds. The summed E-state index contributed by atoms with van der Waals surface area (Å²) in [4.78, 5) is 3.09. The van der Waals surface area contributed by atoms with Gasteiger partial charge in [0.2, 0.25) is 0 Å². The second kappa shape index (κ2) is 2.89. The lowest BCUT2D eigenvalue weighted by atomic mass is 10.6. The van der Waals surface area contributed by atoms with E-state index in [4.69, 9.17) is 0 Å². The molecule has 1 N–H and O–H groups in total. The van der Waals surface area contributed by atoms with Crippen LogP contribution in [-0.4, -0.2) is 15.2 Å². The number of aromatic amines is 1. The lowest BCUT2D eigenvalue weighted by molar-refractivity contribution is -0.144. The van der Waals surface area contributed by atoms with Gasteiger partial charge in [-0.25, -0.2) is 4.98 Å². The van der Waals surface area contributed by atoms with Gasteiger partial charge < -0.3 is 0 Å². The van der Waals surface area contributed by atoms with Crippen LogP contribution in [0.2, 0.25) is 0 Å². The van der Waals surface area contributed by atoms with E-state index in [9.17, 15) is 13.2 Å². The van der Waals surface area contributed by atoms with Crippen molar-refractivity contribution in [2.24, 2.45) is 0 Å². The van der Waals surface area contributed by atoms with Gasteiger partial charge in [-0.2, -0.15) is 13.2 Å². The largest absolute Gasteiger partial charge is 0.453 e. The number of nitrogens with zero attached hydrogens (tertiary/aromatic N) is 2. The van der Waals surface area contributed by atoms with E-state index in [0.29, 0.717) is 0 Å². The van der Waals surface area contributed by atoms with Crippen LogP contribution in [0.25, 0.3) is 0 Å². The Hall–Kier alpha value is -1.07. The monoisotopic (exact) mass is 167 g/mol. The van der Waals surface area contributed by atoms with Gasteiger partial charge in [0.05, 0.1) is 0 Å². The Labute approximate surface area is 61.6 Å². The summed E-state index contributed by atoms with van der Waals surface area (Å²) in [6.45, 7) is 1.40. The van der Waals surface area contributed by atoms with Crippen LogP contribution in [0, 0.1) is 6.92 Å². The highest BCUT2D eigenvalue weighted by Crippen LogP contribution is 2.25. The summed E-state index contributed by atoms with van der Waals surface area (Å²) in [5, 5.41) is 5.02. The number of H-pyrrole nitrogens is 1. The first-order valence-electron chi connectivity index (χ1n) is 2.46. The lowest BCUT2D eigenvalue weighted by Crippen LogP contribution is -2.07. The molecule has 1 rings (SSSR count). The van der Waals surface area contributed by atoms with E-state index in [-0.39, 0.29) is 13.3 Å². The maximum Gasteiger partial charge on any atom is 0.453 e. The predicted octanol–water partition coefficient (Wildman–Crippen LogP) is 1.77. The minimum atomic E-state index is -4.44. The molecule has 64 valence electrons. The van der Waals surface area contributed by atoms with E-state index in [0.717, 1.165) is 0 Å². The van der Waals surface area contributed by atoms with Crippen LogP contribution in [0.3, 0.4) is 0 Å². The van der Waals surface area contributed by atoms with Gasteiger partial charge >= 0.3 is 6.18 Å². The fraction of sp³-hybridized carbons (Fsp3) is 0.600. The summed E-state index contributed by atoms with van der Waals surface area (Å²) >= 11 is 0. The van der Waals surface area contributed by atoms with E-state index < -0.39 is 12.0 Å². The Kier molecular flexibility index (Phi) is 2.61. The summed E-state index contributed by atoms with van der Waals surface area (Å²) in [5.74, 6) is -0.961. The number of aryl methyl sites for hydroxylation is 1. The molecule has 0 spiro atoms. The van der Waals surface area contributed by atoms with E-state index in [1.165, 1.54) is 6.92 Å². The van der Waals surface area contributed by atoms with E-state index in [1.54, 1.807) is 0 Å². The molecule has 0 unspecified atom stereocenters. The zero-order valence-corrected chi connectivity index (χ0v) is 5.03. The van der Waals surface area contributed by atoms with Crippen LogP contribution in [0.5, 0.6) is 0 Å². The Morgan fingerprint density at radius 3 is 2.09 bits per heavy atom. The van der Waals surface area contributed by atoms with Crippen molar-refractivity contribution < 1.29 is 13.2 Å². The molecular formula is C5H8F3N3. The Bertz CT molecular complexity index is 227. The van der Waals surface area contributed by atoms with Gasteiger partial charge in [-0.3, -0.25) is 5.10 Å². The molecule has 0 atom stereocenters. The molecule has 1 aromatic heterocycles. The zero-order valence-electron chi connectivity index (χ0n) is 5.03. The molecule has 1 aromatic rings. The molecule has 0 aliphatic carbocycles. The summed E-state index contributed by atoms with van der Waals surface area (Å²) in [6, 6.07) is 0. The smallest absolute Gasteiger partial charge is 0.263 e. The van der Waals surface area contributed by atoms with E-state index >= 15 is 0 Å². The average Bonchev–Trinajstić information content (AvgIpc) is 2.11. The fourth-order valence-electron chi connectivity index (χ4n) is 0.469. The molecule has 3 nitrogen and oxygen atoms in total. The maximum absolute atomic E-state index is 11.7. The van der Waals surface area contributed by atoms with Crippen molar-refractivity contribution in [2.45, 2.75) is 20.5 Å². The lowest BCUT2D eigenvalue weighted by Gasteiger charge is -1.96. The summed E-state index contributed by atoms with van der Waals surface area (Å²) < 4.78 is 35.0. The van der Waals surface area contributed by atoms with Crippen molar-refractivity contribution in [3.63, 3.8) is 0 Å². The number of halogens is 3. The van der Waals surface area contributed by atoms with Gasteiger partial charge in [0.25, 0.3) is 5.82 Å². The Balaban J connectivity index is 0.000001000. The Morgan fingerprint density at radius 2 is 1.91 bits per heavy atom. The van der Waals surface area contributed by atoms with Crippen LogP contribution >= 0.6 is 0 Å². The highest BCUT2D eigenvalue weighted by Gasteiger charge is 2.35. The van der Waals surface area contributed by atoms with Crippen molar-refractivity contribution in [3.8, 4) is 0 Å². The normalized spacial score (nSPS) is 10.9. The topological polar surface area (TPSA) is 41.6 Å². The van der Waals surface area contributed by atoms with E-state index in [2.05, 4.69) is 15.2 Å². The number of aromatic nitrogens is 3. The molecule has 6 heteroatoms. The maximum atomic E-state index is 11.7. The van der Waals surface area contributed by atoms with Crippen molar-refractivity contribution >= 4 is 0 Å². The highest BCUT2D eigenvalue weighted by atomic mass is 19.4. The van der Waals surface area contributed by atoms with Gasteiger partial charge in [-0.1, -0.05) is 7.43 Å². The third-order valence-corrected chi connectivity index (χ3v) is 0.851. The van der Waals surface area contributed by atoms with Crippen molar-refractivity contribution in [3.05, 3.63) is 11.6 Å². The quantitative estimate of drug-likeness (QED) is 0.639. The van der Waals surface area contributed by atoms with Gasteiger partial charge in [-0.15, -0.1) is 5.10 Å². The Morgan fingerprint density at radius 1 is 1.36 bits per heavy atom. The first-order valence-corrected chi connectivity index (χ1v) is 2.46. The van der Waals surface area contributed by atoms with Crippen LogP contribution in [-0.2, 0) is 6.18 Å². The van der Waals surface area contributed by atoms with Crippen LogP contribution in [0.1, 0.15) is 19.1 Å². The molecular weight excluding hydrogens is 159 g/mol. The molecule has 11 heavy (non-hydrogen) atoms. The first-order chi connectivity index (χ1) is 4.50. The van der Waals surface area contributed by atoms with Gasteiger partial charge in [0.1, 0.15) is 5.82 Å². The standard InChI is InChI=1S/C4H4F3N3.CH4/c1-2-8-3(10-9-2)4(5,6)7;/h1H3,(H,8,9,10);1H4. The molecule has 0 saturated heterocycles. The van der Waals surface area contributed by atoms with Crippen LogP contribution in [0.4, 0.5) is 13.2 Å². The number of alkyl halides is 3. The fourth-order valence-corrected chi connectivity index (χ4v) is 0.469. The van der Waals surface area contributed by atoms with Crippen LogP contribution in [0.15, 0.2) is 0 Å². The summed E-state index contributed by atoms with van der Waals surface area (Å²) in [7, 11) is 0. The van der Waals surface area contributed by atoms with Gasteiger partial charge in [0, 0.05) is 0 Å². The number of rotatable bonds is 0. The third-order valence-electron chi connectivity index (χ3n) is 0.851. The predicted molar refractivity (Wildman–Crippen MR) is 32.9 cm³/mol. The number of hydrogen-bond acceptors (Lipinski definition) is 2. The molecule has 1 heterocycles. The molecule has 0 fully saturated rings. The first kappa shape index (κ1) is 9.93. The minimum absolute atomic E-state index is 0. The number of hydrogen-bond donors (Lipinski definition) is 1. The van der Waals surface area contributed by atoms with Gasteiger partial charge in [-0.05, 0) is 6.92 Å². The molecule has 0 saturated carbocycles. The molecule has 0 aliphatic heterocycles. The summed E-state index contributed by atoms with van der Waals surface area (Å²) in [5.41, 5.74) is 0. The van der Waals surface area contributed by atoms with Crippen molar-refractivity contribution in [2.75, 3.05) is 0 Å². The zero-order chi connectivity index (χ0) is 7.78.